The largest absolute Gasteiger partial charge is 0.506 e. The van der Waals surface area contributed by atoms with E-state index in [4.69, 9.17) is 9.84 Å². The molecule has 0 radical (unpaired) electrons. The van der Waals surface area contributed by atoms with Crippen LogP contribution in [0.15, 0.2) is 24.3 Å². The summed E-state index contributed by atoms with van der Waals surface area (Å²) in [6.07, 6.45) is 4.22. The third kappa shape index (κ3) is 4.18. The second-order valence-corrected chi connectivity index (χ2v) is 4.82. The van der Waals surface area contributed by atoms with Crippen LogP contribution in [0.2, 0.25) is 0 Å². The van der Waals surface area contributed by atoms with Gasteiger partial charge in [0.1, 0.15) is 11.9 Å². The number of aliphatic hydroxyl groups is 1. The molecule has 0 aromatic rings. The van der Waals surface area contributed by atoms with Gasteiger partial charge in [0.05, 0.1) is 24.7 Å². The number of rotatable bonds is 7. The number of hydrogen-bond donors (Lipinski definition) is 2. The molecule has 0 aromatic carbocycles. The number of allylic oxidation sites excluding steroid dienone is 2. The highest BCUT2D eigenvalue weighted by molar-refractivity contribution is 5.86. The molecule has 0 aliphatic heterocycles. The maximum absolute atomic E-state index is 11.8. The molecular weight excluding hydrogens is 264 g/mol. The van der Waals surface area contributed by atoms with Gasteiger partial charge in [0.2, 0.25) is 0 Å². The number of carbonyl (C=O) groups excluding carboxylic acids is 1. The number of Topliss-reactive ketones (excluding diaryl/α,β-unsaturated/α-hetero) is 1. The Bertz CT molecular complexity index is 414. The minimum Gasteiger partial charge on any atom is -0.450 e. The summed E-state index contributed by atoms with van der Waals surface area (Å²) >= 11 is 0. The van der Waals surface area contributed by atoms with Crippen LogP contribution in [-0.4, -0.2) is 47.6 Å². The number of hydrogen-bond acceptors (Lipinski definition) is 5. The summed E-state index contributed by atoms with van der Waals surface area (Å²) in [6.45, 7) is 3.32. The topological polar surface area (TPSA) is 93.1 Å². The zero-order valence-electron chi connectivity index (χ0n) is 11.6. The average Bonchev–Trinajstić information content (AvgIpc) is 2.35. The lowest BCUT2D eigenvalue weighted by Crippen LogP contribution is -2.43. The number of ketones is 1. The van der Waals surface area contributed by atoms with Gasteiger partial charge in [-0.25, -0.2) is 4.79 Å². The molecule has 1 rings (SSSR count). The second-order valence-electron chi connectivity index (χ2n) is 4.82. The molecule has 0 saturated carbocycles. The lowest BCUT2D eigenvalue weighted by atomic mass is 9.76. The minimum absolute atomic E-state index is 0.0458. The van der Waals surface area contributed by atoms with Crippen LogP contribution in [0, 0.1) is 5.41 Å². The third-order valence-corrected chi connectivity index (χ3v) is 3.29. The van der Waals surface area contributed by atoms with Gasteiger partial charge < -0.3 is 19.7 Å². The predicted octanol–water partition coefficient (Wildman–Crippen LogP) is 1.54. The summed E-state index contributed by atoms with van der Waals surface area (Å²) in [5, 5.41) is 18.4. The first-order chi connectivity index (χ1) is 9.38. The van der Waals surface area contributed by atoms with E-state index in [-0.39, 0.29) is 19.0 Å². The molecule has 0 fully saturated rings. The van der Waals surface area contributed by atoms with Crippen LogP contribution in [0.5, 0.6) is 0 Å². The van der Waals surface area contributed by atoms with Crippen molar-refractivity contribution >= 4 is 11.9 Å². The molecule has 0 amide bonds. The Morgan fingerprint density at radius 2 is 2.10 bits per heavy atom. The lowest BCUT2D eigenvalue weighted by molar-refractivity contribution is -0.132. The zero-order valence-corrected chi connectivity index (χ0v) is 11.6. The Kier molecular flexibility index (Phi) is 5.91. The molecule has 2 N–H and O–H groups in total. The van der Waals surface area contributed by atoms with Crippen molar-refractivity contribution in [2.24, 2.45) is 5.41 Å². The molecule has 6 nitrogen and oxygen atoms in total. The van der Waals surface area contributed by atoms with Crippen LogP contribution in [-0.2, 0) is 14.3 Å². The van der Waals surface area contributed by atoms with Crippen molar-refractivity contribution in [3.05, 3.63) is 24.3 Å². The first-order valence-electron chi connectivity index (χ1n) is 6.41. The van der Waals surface area contributed by atoms with E-state index in [2.05, 4.69) is 4.74 Å². The Balaban J connectivity index is 2.46. The van der Waals surface area contributed by atoms with E-state index in [9.17, 15) is 14.7 Å². The van der Waals surface area contributed by atoms with Gasteiger partial charge in [-0.15, -0.1) is 0 Å². The van der Waals surface area contributed by atoms with Crippen LogP contribution in [0.4, 0.5) is 4.79 Å². The summed E-state index contributed by atoms with van der Waals surface area (Å²) in [4.78, 5) is 22.1. The van der Waals surface area contributed by atoms with Crippen LogP contribution in [0.3, 0.4) is 0 Å². The molecule has 0 heterocycles. The normalized spacial score (nSPS) is 26.2. The van der Waals surface area contributed by atoms with Gasteiger partial charge in [0.15, 0.2) is 0 Å². The van der Waals surface area contributed by atoms with E-state index in [1.165, 1.54) is 6.92 Å². The first-order valence-corrected chi connectivity index (χ1v) is 6.41. The number of ether oxygens (including phenoxy) is 2. The molecule has 0 bridgehead atoms. The molecule has 6 heteroatoms. The predicted molar refractivity (Wildman–Crippen MR) is 71.4 cm³/mol. The molecular formula is C14H20O6. The fourth-order valence-electron chi connectivity index (χ4n) is 1.95. The molecule has 1 aliphatic carbocycles. The number of carboxylic acid groups (broad SMARTS) is 1. The quantitative estimate of drug-likeness (QED) is 0.544. The first kappa shape index (κ1) is 16.4. The molecule has 0 saturated heterocycles. The third-order valence-electron chi connectivity index (χ3n) is 3.29. The van der Waals surface area contributed by atoms with E-state index in [1.807, 2.05) is 0 Å². The Morgan fingerprint density at radius 3 is 2.65 bits per heavy atom. The summed E-state index contributed by atoms with van der Waals surface area (Å²) < 4.78 is 9.95. The van der Waals surface area contributed by atoms with Crippen molar-refractivity contribution in [3.63, 3.8) is 0 Å². The molecule has 1 aliphatic rings. The Morgan fingerprint density at radius 1 is 1.40 bits per heavy atom. The van der Waals surface area contributed by atoms with Gasteiger partial charge in [-0.3, -0.25) is 4.79 Å². The maximum atomic E-state index is 11.8. The van der Waals surface area contributed by atoms with Crippen LogP contribution < -0.4 is 0 Å². The molecule has 3 unspecified atom stereocenters. The molecule has 20 heavy (non-hydrogen) atoms. The van der Waals surface area contributed by atoms with Crippen molar-refractivity contribution in [2.45, 2.75) is 32.5 Å². The highest BCUT2D eigenvalue weighted by Crippen LogP contribution is 2.30. The van der Waals surface area contributed by atoms with E-state index in [0.717, 1.165) is 0 Å². The van der Waals surface area contributed by atoms with Gasteiger partial charge in [0, 0.05) is 6.42 Å². The highest BCUT2D eigenvalue weighted by Gasteiger charge is 2.40. The maximum Gasteiger partial charge on any atom is 0.506 e. The summed E-state index contributed by atoms with van der Waals surface area (Å²) in [5.74, 6) is -0.180. The standard InChI is InChI=1S/C14H20O6/c1-10(20-13(17)18)6-8-19-9-14(11(2)15)7-4-3-5-12(14)16/h3-5,7,10,12,16H,6,8-9H2,1-2H3,(H,17,18). The van der Waals surface area contributed by atoms with Crippen molar-refractivity contribution in [2.75, 3.05) is 13.2 Å². The minimum atomic E-state index is -1.33. The Hall–Kier alpha value is -1.66. The van der Waals surface area contributed by atoms with E-state index in [0.29, 0.717) is 6.42 Å². The SMILES string of the molecule is CC(=O)C1(COCCC(C)OC(=O)O)C=CC=CC1O. The van der Waals surface area contributed by atoms with Crippen molar-refractivity contribution in [1.29, 1.82) is 0 Å². The van der Waals surface area contributed by atoms with Crippen molar-refractivity contribution in [3.8, 4) is 0 Å². The van der Waals surface area contributed by atoms with Crippen LogP contribution in [0.25, 0.3) is 0 Å². The monoisotopic (exact) mass is 284 g/mol. The van der Waals surface area contributed by atoms with Crippen molar-refractivity contribution < 1.29 is 29.3 Å². The molecule has 112 valence electrons. The van der Waals surface area contributed by atoms with E-state index in [1.54, 1.807) is 31.2 Å². The van der Waals surface area contributed by atoms with Gasteiger partial charge in [-0.05, 0) is 13.8 Å². The summed E-state index contributed by atoms with van der Waals surface area (Å²) in [5.41, 5.74) is -1.06. The molecule has 0 aromatic heterocycles. The fraction of sp³-hybridized carbons (Fsp3) is 0.571. The second kappa shape index (κ2) is 7.21. The zero-order chi connectivity index (χ0) is 15.2. The highest BCUT2D eigenvalue weighted by atomic mass is 16.7. The lowest BCUT2D eigenvalue weighted by Gasteiger charge is -2.32. The number of carbonyl (C=O) groups is 2. The van der Waals surface area contributed by atoms with E-state index < -0.39 is 23.8 Å². The van der Waals surface area contributed by atoms with E-state index >= 15 is 0 Å². The fourth-order valence-corrected chi connectivity index (χ4v) is 1.95. The van der Waals surface area contributed by atoms with Gasteiger partial charge in [-0.1, -0.05) is 24.3 Å². The van der Waals surface area contributed by atoms with Gasteiger partial charge in [-0.2, -0.15) is 0 Å². The van der Waals surface area contributed by atoms with Crippen LogP contribution >= 0.6 is 0 Å². The summed E-state index contributed by atoms with van der Waals surface area (Å²) in [7, 11) is 0. The summed E-state index contributed by atoms with van der Waals surface area (Å²) in [6, 6.07) is 0. The smallest absolute Gasteiger partial charge is 0.450 e. The molecule has 0 spiro atoms. The molecule has 3 atom stereocenters. The van der Waals surface area contributed by atoms with Crippen LogP contribution in [0.1, 0.15) is 20.3 Å². The number of aliphatic hydroxyl groups excluding tert-OH is 1. The van der Waals surface area contributed by atoms with Gasteiger partial charge in [0.25, 0.3) is 0 Å². The van der Waals surface area contributed by atoms with Gasteiger partial charge >= 0.3 is 6.16 Å². The van der Waals surface area contributed by atoms with Crippen molar-refractivity contribution in [1.82, 2.24) is 0 Å². The average molecular weight is 284 g/mol. The Labute approximate surface area is 117 Å².